The molecule has 0 fully saturated rings. The van der Waals surface area contributed by atoms with Crippen molar-refractivity contribution in [3.8, 4) is 5.75 Å². The molecule has 0 spiro atoms. The Morgan fingerprint density at radius 3 is 2.48 bits per heavy atom. The van der Waals surface area contributed by atoms with E-state index >= 15 is 0 Å². The van der Waals surface area contributed by atoms with Gasteiger partial charge in [0.1, 0.15) is 11.4 Å². The highest BCUT2D eigenvalue weighted by Crippen LogP contribution is 2.15. The first kappa shape index (κ1) is 16.5. The van der Waals surface area contributed by atoms with Crippen LogP contribution >= 0.6 is 0 Å². The van der Waals surface area contributed by atoms with Crippen molar-refractivity contribution in [2.75, 3.05) is 18.4 Å². The molecule has 0 saturated heterocycles. The highest BCUT2D eigenvalue weighted by atomic mass is 16.5. The first-order valence-corrected chi connectivity index (χ1v) is 7.01. The summed E-state index contributed by atoms with van der Waals surface area (Å²) in [7, 11) is 1.60. The van der Waals surface area contributed by atoms with Crippen LogP contribution in [0.5, 0.6) is 5.75 Å². The Kier molecular flexibility index (Phi) is 4.63. The van der Waals surface area contributed by atoms with Crippen LogP contribution in [-0.2, 0) is 5.41 Å². The van der Waals surface area contributed by atoms with E-state index in [2.05, 4.69) is 20.7 Å². The summed E-state index contributed by atoms with van der Waals surface area (Å²) in [6.45, 7) is 5.61. The van der Waals surface area contributed by atoms with E-state index in [1.807, 2.05) is 45.0 Å². The number of nitrogens with zero attached hydrogens (tertiary/aromatic N) is 4. The molecule has 0 unspecified atom stereocenters. The zero-order chi connectivity index (χ0) is 17.0. The highest BCUT2D eigenvalue weighted by Gasteiger charge is 2.22. The largest absolute Gasteiger partial charge is 0.497 e. The molecule has 0 aliphatic heterocycles. The number of aromatic nitrogens is 3. The second-order valence-corrected chi connectivity index (χ2v) is 5.94. The van der Waals surface area contributed by atoms with Crippen molar-refractivity contribution in [2.24, 2.45) is 5.10 Å². The molecule has 2 aromatic rings. The topological polar surface area (TPSA) is 107 Å². The van der Waals surface area contributed by atoms with Crippen molar-refractivity contribution in [1.29, 1.82) is 0 Å². The molecule has 3 N–H and O–H groups in total. The second-order valence-electron chi connectivity index (χ2n) is 5.94. The lowest BCUT2D eigenvalue weighted by Gasteiger charge is -2.16. The Balaban J connectivity index is 2.16. The number of nitrogens with one attached hydrogen (secondary N) is 1. The van der Waals surface area contributed by atoms with Crippen molar-refractivity contribution in [1.82, 2.24) is 14.9 Å². The van der Waals surface area contributed by atoms with Crippen molar-refractivity contribution in [3.63, 3.8) is 0 Å². The quantitative estimate of drug-likeness (QED) is 0.497. The average molecular weight is 316 g/mol. The van der Waals surface area contributed by atoms with Crippen LogP contribution in [0, 0.1) is 0 Å². The monoisotopic (exact) mass is 316 g/mol. The third-order valence-electron chi connectivity index (χ3n) is 3.10. The van der Waals surface area contributed by atoms with E-state index in [0.29, 0.717) is 5.69 Å². The van der Waals surface area contributed by atoms with Crippen molar-refractivity contribution in [2.45, 2.75) is 26.2 Å². The normalized spacial score (nSPS) is 11.7. The molecule has 1 aromatic heterocycles. The Morgan fingerprint density at radius 1 is 1.26 bits per heavy atom. The number of ether oxygens (including phenoxy) is 1. The fraction of sp³-hybridized carbons (Fsp3) is 0.333. The van der Waals surface area contributed by atoms with Gasteiger partial charge in [-0.3, -0.25) is 4.79 Å². The molecule has 0 aliphatic carbocycles. The van der Waals surface area contributed by atoms with Gasteiger partial charge in [0, 0.05) is 5.41 Å². The number of hydrogen-bond donors (Lipinski definition) is 2. The lowest BCUT2D eigenvalue weighted by Crippen LogP contribution is -2.38. The Hall–Kier alpha value is -2.90. The molecule has 0 aliphatic rings. The number of nitrogen functional groups attached to an aromatic ring is 1. The van der Waals surface area contributed by atoms with Gasteiger partial charge in [-0.15, -0.1) is 10.2 Å². The minimum absolute atomic E-state index is 0.0627. The summed E-state index contributed by atoms with van der Waals surface area (Å²) in [5, 5.41) is 11.9. The van der Waals surface area contributed by atoms with Gasteiger partial charge in [-0.1, -0.05) is 20.8 Å². The highest BCUT2D eigenvalue weighted by molar-refractivity contribution is 5.80. The molecule has 1 heterocycles. The first-order valence-electron chi connectivity index (χ1n) is 7.01. The molecule has 2 rings (SSSR count). The van der Waals surface area contributed by atoms with E-state index in [4.69, 9.17) is 10.6 Å². The third kappa shape index (κ3) is 3.85. The number of anilines is 1. The van der Waals surface area contributed by atoms with E-state index in [1.165, 1.54) is 0 Å². The van der Waals surface area contributed by atoms with Gasteiger partial charge in [-0.2, -0.15) is 9.78 Å². The van der Waals surface area contributed by atoms with E-state index < -0.39 is 11.0 Å². The smallest absolute Gasteiger partial charge is 0.295 e. The maximum Gasteiger partial charge on any atom is 0.295 e. The molecule has 8 nitrogen and oxygen atoms in total. The fourth-order valence-corrected chi connectivity index (χ4v) is 1.80. The van der Waals surface area contributed by atoms with E-state index in [0.717, 1.165) is 16.0 Å². The first-order chi connectivity index (χ1) is 10.8. The maximum atomic E-state index is 12.2. The van der Waals surface area contributed by atoms with Crippen LogP contribution in [0.3, 0.4) is 0 Å². The molecule has 0 radical (unpaired) electrons. The second kappa shape index (κ2) is 6.47. The maximum absolute atomic E-state index is 12.2. The lowest BCUT2D eigenvalue weighted by atomic mass is 9.93. The third-order valence-corrected chi connectivity index (χ3v) is 3.10. The van der Waals surface area contributed by atoms with Gasteiger partial charge >= 0.3 is 0 Å². The van der Waals surface area contributed by atoms with E-state index in [1.54, 1.807) is 13.3 Å². The minimum Gasteiger partial charge on any atom is -0.497 e. The molecule has 0 atom stereocenters. The molecule has 8 heteroatoms. The lowest BCUT2D eigenvalue weighted by molar-refractivity contribution is 0.415. The number of methoxy groups -OCH3 is 1. The van der Waals surface area contributed by atoms with Gasteiger partial charge in [-0.05, 0) is 29.8 Å². The van der Waals surface area contributed by atoms with Gasteiger partial charge < -0.3 is 10.6 Å². The number of hydrazone groups is 1. The summed E-state index contributed by atoms with van der Waals surface area (Å²) in [6, 6.07) is 7.32. The molecular weight excluding hydrogens is 296 g/mol. The zero-order valence-electron chi connectivity index (χ0n) is 13.6. The fourth-order valence-electron chi connectivity index (χ4n) is 1.80. The molecule has 1 aromatic carbocycles. The van der Waals surface area contributed by atoms with Crippen molar-refractivity contribution < 1.29 is 4.74 Å². The summed E-state index contributed by atoms with van der Waals surface area (Å²) in [4.78, 5) is 12.2. The molecule has 0 saturated carbocycles. The van der Waals surface area contributed by atoms with Gasteiger partial charge in [-0.25, -0.2) is 5.43 Å². The van der Waals surface area contributed by atoms with Crippen LogP contribution in [0.2, 0.25) is 0 Å². The van der Waals surface area contributed by atoms with Crippen molar-refractivity contribution >= 4 is 12.2 Å². The SMILES string of the molecule is COc1ccc(/C=N\Nc2nnc(C(C)(C)C)c(=O)n2N)cc1. The molecule has 122 valence electrons. The molecule has 0 bridgehead atoms. The van der Waals surface area contributed by atoms with Crippen LogP contribution in [0.4, 0.5) is 5.95 Å². The zero-order valence-corrected chi connectivity index (χ0v) is 13.6. The van der Waals surface area contributed by atoms with Crippen molar-refractivity contribution in [3.05, 3.63) is 45.9 Å². The summed E-state index contributed by atoms with van der Waals surface area (Å²) in [5.74, 6) is 6.57. The van der Waals surface area contributed by atoms with Crippen LogP contribution < -0.4 is 21.6 Å². The standard InChI is InChI=1S/C15H20N6O2/c1-15(2,3)12-13(22)21(16)14(20-18-12)19-17-9-10-5-7-11(23-4)8-6-10/h5-9H,16H2,1-4H3,(H,19,20)/b17-9-. The Labute approximate surface area is 134 Å². The van der Waals surface area contributed by atoms with Crippen LogP contribution in [0.1, 0.15) is 32.0 Å². The Morgan fingerprint density at radius 2 is 1.91 bits per heavy atom. The average Bonchev–Trinajstić information content (AvgIpc) is 2.51. The van der Waals surface area contributed by atoms with Crippen LogP contribution in [-0.4, -0.2) is 28.2 Å². The van der Waals surface area contributed by atoms with Crippen LogP contribution in [0.25, 0.3) is 0 Å². The van der Waals surface area contributed by atoms with Gasteiger partial charge in [0.15, 0.2) is 0 Å². The minimum atomic E-state index is -0.434. The summed E-state index contributed by atoms with van der Waals surface area (Å²) < 4.78 is 5.98. The molecular formula is C15H20N6O2. The van der Waals surface area contributed by atoms with E-state index in [9.17, 15) is 4.79 Å². The number of hydrogen-bond acceptors (Lipinski definition) is 7. The number of nitrogens with two attached hydrogens (primary N) is 1. The van der Waals surface area contributed by atoms with Gasteiger partial charge in [0.25, 0.3) is 11.5 Å². The summed E-state index contributed by atoms with van der Waals surface area (Å²) >= 11 is 0. The van der Waals surface area contributed by atoms with Gasteiger partial charge in [0.2, 0.25) is 0 Å². The molecule has 0 amide bonds. The predicted molar refractivity (Wildman–Crippen MR) is 89.4 cm³/mol. The molecule has 23 heavy (non-hydrogen) atoms. The Bertz CT molecular complexity index is 759. The van der Waals surface area contributed by atoms with E-state index in [-0.39, 0.29) is 5.95 Å². The number of benzene rings is 1. The summed E-state index contributed by atoms with van der Waals surface area (Å²) in [5.41, 5.74) is 2.92. The number of rotatable bonds is 4. The van der Waals surface area contributed by atoms with Crippen LogP contribution in [0.15, 0.2) is 34.2 Å². The predicted octanol–water partition coefficient (Wildman–Crippen LogP) is 1.10. The summed E-state index contributed by atoms with van der Waals surface area (Å²) in [6.07, 6.45) is 1.57. The van der Waals surface area contributed by atoms with Gasteiger partial charge in [0.05, 0.1) is 13.3 Å².